The molecule has 8 heteroatoms. The maximum atomic E-state index is 13.3. The first kappa shape index (κ1) is 20.8. The number of aryl methyl sites for hydroxylation is 1. The molecule has 0 unspecified atom stereocenters. The van der Waals surface area contributed by atoms with Crippen LogP contribution in [0.15, 0.2) is 71.6 Å². The zero-order valence-electron chi connectivity index (χ0n) is 15.4. The largest absolute Gasteiger partial charge is 0.348 e. The van der Waals surface area contributed by atoms with Crippen LogP contribution in [0, 0.1) is 12.7 Å². The zero-order valence-corrected chi connectivity index (χ0v) is 17.0. The third-order valence-electron chi connectivity index (χ3n) is 4.21. The molecule has 0 aliphatic rings. The number of nitrogens with one attached hydrogen (secondary N) is 2. The van der Waals surface area contributed by atoms with Crippen LogP contribution in [-0.2, 0) is 16.6 Å². The minimum Gasteiger partial charge on any atom is -0.348 e. The van der Waals surface area contributed by atoms with Crippen molar-refractivity contribution < 1.29 is 17.6 Å². The Bertz CT molecular complexity index is 1150. The normalized spacial score (nSPS) is 11.1. The number of rotatable bonds is 6. The first-order valence-electron chi connectivity index (χ1n) is 8.67. The highest BCUT2D eigenvalue weighted by Crippen LogP contribution is 2.23. The molecule has 2 N–H and O–H groups in total. The van der Waals surface area contributed by atoms with E-state index in [0.717, 1.165) is 17.7 Å². The van der Waals surface area contributed by atoms with Gasteiger partial charge >= 0.3 is 0 Å². The van der Waals surface area contributed by atoms with Crippen LogP contribution in [0.25, 0.3) is 0 Å². The smallest absolute Gasteiger partial charge is 0.262 e. The van der Waals surface area contributed by atoms with Crippen LogP contribution in [0.2, 0.25) is 5.02 Å². The second-order valence-corrected chi connectivity index (χ2v) is 8.46. The van der Waals surface area contributed by atoms with Crippen LogP contribution in [0.5, 0.6) is 0 Å². The lowest BCUT2D eigenvalue weighted by molar-refractivity contribution is 0.0952. The van der Waals surface area contributed by atoms with Crippen LogP contribution in [-0.4, -0.2) is 14.3 Å². The van der Waals surface area contributed by atoms with Crippen LogP contribution in [0.1, 0.15) is 21.5 Å². The van der Waals surface area contributed by atoms with Gasteiger partial charge < -0.3 is 5.32 Å². The minimum atomic E-state index is -4.00. The van der Waals surface area contributed by atoms with Crippen LogP contribution >= 0.6 is 11.6 Å². The van der Waals surface area contributed by atoms with E-state index in [1.807, 2.05) is 0 Å². The van der Waals surface area contributed by atoms with Gasteiger partial charge in [-0.25, -0.2) is 12.8 Å². The fourth-order valence-electron chi connectivity index (χ4n) is 2.76. The molecule has 0 saturated carbocycles. The SMILES string of the molecule is Cc1cc(F)ccc1S(=O)(=O)Nc1ccccc1C(=O)NCc1ccc(Cl)cc1. The van der Waals surface area contributed by atoms with Gasteiger partial charge in [-0.3, -0.25) is 9.52 Å². The number of halogens is 2. The number of sulfonamides is 1. The van der Waals surface area contributed by atoms with Crippen molar-refractivity contribution in [1.82, 2.24) is 5.32 Å². The van der Waals surface area contributed by atoms with Crippen molar-refractivity contribution in [2.75, 3.05) is 4.72 Å². The van der Waals surface area contributed by atoms with Gasteiger partial charge in [0.2, 0.25) is 0 Å². The maximum absolute atomic E-state index is 13.3. The summed E-state index contributed by atoms with van der Waals surface area (Å²) in [5, 5.41) is 3.35. The summed E-state index contributed by atoms with van der Waals surface area (Å²) >= 11 is 5.85. The van der Waals surface area contributed by atoms with E-state index in [-0.39, 0.29) is 28.3 Å². The van der Waals surface area contributed by atoms with E-state index in [1.54, 1.807) is 36.4 Å². The van der Waals surface area contributed by atoms with Gasteiger partial charge in [-0.1, -0.05) is 35.9 Å². The summed E-state index contributed by atoms with van der Waals surface area (Å²) in [6, 6.07) is 16.7. The highest BCUT2D eigenvalue weighted by molar-refractivity contribution is 7.92. The van der Waals surface area contributed by atoms with Crippen molar-refractivity contribution in [3.8, 4) is 0 Å². The van der Waals surface area contributed by atoms with Crippen molar-refractivity contribution in [2.24, 2.45) is 0 Å². The molecule has 1 amide bonds. The second-order valence-electron chi connectivity index (χ2n) is 6.37. The van der Waals surface area contributed by atoms with E-state index >= 15 is 0 Å². The fourth-order valence-corrected chi connectivity index (χ4v) is 4.20. The molecule has 0 heterocycles. The molecule has 0 aliphatic carbocycles. The number of hydrogen-bond acceptors (Lipinski definition) is 3. The summed E-state index contributed by atoms with van der Waals surface area (Å²) in [6.45, 7) is 1.76. The molecule has 0 atom stereocenters. The summed E-state index contributed by atoms with van der Waals surface area (Å²) in [6.07, 6.45) is 0. The van der Waals surface area contributed by atoms with E-state index < -0.39 is 21.7 Å². The van der Waals surface area contributed by atoms with Gasteiger partial charge in [0, 0.05) is 11.6 Å². The standard InChI is InChI=1S/C21H18ClFN2O3S/c1-14-12-17(23)10-11-20(14)29(27,28)25-19-5-3-2-4-18(19)21(26)24-13-15-6-8-16(22)9-7-15/h2-12,25H,13H2,1H3,(H,24,26). The molecular formula is C21H18ClFN2O3S. The molecule has 0 radical (unpaired) electrons. The van der Waals surface area contributed by atoms with Gasteiger partial charge in [-0.15, -0.1) is 0 Å². The third-order valence-corrected chi connectivity index (χ3v) is 5.99. The van der Waals surface area contributed by atoms with Gasteiger partial charge in [0.25, 0.3) is 15.9 Å². The molecule has 150 valence electrons. The molecule has 0 bridgehead atoms. The van der Waals surface area contributed by atoms with E-state index in [4.69, 9.17) is 11.6 Å². The molecule has 0 aromatic heterocycles. The molecule has 5 nitrogen and oxygen atoms in total. The van der Waals surface area contributed by atoms with Crippen molar-refractivity contribution in [1.29, 1.82) is 0 Å². The monoisotopic (exact) mass is 432 g/mol. The molecular weight excluding hydrogens is 415 g/mol. The molecule has 0 fully saturated rings. The van der Waals surface area contributed by atoms with Crippen LogP contribution in [0.4, 0.5) is 10.1 Å². The first-order valence-corrected chi connectivity index (χ1v) is 10.5. The first-order chi connectivity index (χ1) is 13.8. The number of amides is 1. The number of para-hydroxylation sites is 1. The molecule has 3 rings (SSSR count). The summed E-state index contributed by atoms with van der Waals surface area (Å²) in [4.78, 5) is 12.6. The van der Waals surface area contributed by atoms with E-state index in [2.05, 4.69) is 10.0 Å². The maximum Gasteiger partial charge on any atom is 0.262 e. The summed E-state index contributed by atoms with van der Waals surface area (Å²) in [7, 11) is -4.00. The summed E-state index contributed by atoms with van der Waals surface area (Å²) in [5.41, 5.74) is 1.42. The van der Waals surface area contributed by atoms with Gasteiger partial charge in [0.15, 0.2) is 0 Å². The molecule has 29 heavy (non-hydrogen) atoms. The number of carbonyl (C=O) groups excluding carboxylic acids is 1. The summed E-state index contributed by atoms with van der Waals surface area (Å²) < 4.78 is 41.2. The van der Waals surface area contributed by atoms with Crippen LogP contribution < -0.4 is 10.0 Å². The molecule has 0 aliphatic heterocycles. The number of carbonyl (C=O) groups is 1. The van der Waals surface area contributed by atoms with Crippen molar-refractivity contribution in [3.05, 3.63) is 94.3 Å². The molecule has 3 aromatic carbocycles. The average molecular weight is 433 g/mol. The van der Waals surface area contributed by atoms with E-state index in [1.165, 1.54) is 25.1 Å². The lowest BCUT2D eigenvalue weighted by Gasteiger charge is -2.14. The minimum absolute atomic E-state index is 0.0599. The summed E-state index contributed by atoms with van der Waals surface area (Å²) in [5.74, 6) is -0.961. The van der Waals surface area contributed by atoms with Gasteiger partial charge in [-0.05, 0) is 60.5 Å². The molecule has 0 spiro atoms. The lowest BCUT2D eigenvalue weighted by atomic mass is 10.1. The average Bonchev–Trinajstić information content (AvgIpc) is 2.67. The lowest BCUT2D eigenvalue weighted by Crippen LogP contribution is -2.25. The zero-order chi connectivity index (χ0) is 21.0. The Balaban J connectivity index is 1.81. The Morgan fingerprint density at radius 1 is 1.03 bits per heavy atom. The number of hydrogen-bond donors (Lipinski definition) is 2. The highest BCUT2D eigenvalue weighted by Gasteiger charge is 2.20. The number of benzene rings is 3. The number of anilines is 1. The van der Waals surface area contributed by atoms with Gasteiger partial charge in [0.1, 0.15) is 5.82 Å². The Morgan fingerprint density at radius 3 is 2.41 bits per heavy atom. The van der Waals surface area contributed by atoms with Crippen LogP contribution in [0.3, 0.4) is 0 Å². The van der Waals surface area contributed by atoms with Gasteiger partial charge in [-0.2, -0.15) is 0 Å². The van der Waals surface area contributed by atoms with Gasteiger partial charge in [0.05, 0.1) is 16.1 Å². The topological polar surface area (TPSA) is 75.3 Å². The quantitative estimate of drug-likeness (QED) is 0.601. The predicted octanol–water partition coefficient (Wildman–Crippen LogP) is 4.52. The fraction of sp³-hybridized carbons (Fsp3) is 0.0952. The van der Waals surface area contributed by atoms with E-state index in [9.17, 15) is 17.6 Å². The molecule has 0 saturated heterocycles. The van der Waals surface area contributed by atoms with Crippen molar-refractivity contribution in [3.63, 3.8) is 0 Å². The molecule has 3 aromatic rings. The second kappa shape index (κ2) is 8.63. The van der Waals surface area contributed by atoms with Crippen molar-refractivity contribution in [2.45, 2.75) is 18.4 Å². The third kappa shape index (κ3) is 5.13. The highest BCUT2D eigenvalue weighted by atomic mass is 35.5. The predicted molar refractivity (Wildman–Crippen MR) is 111 cm³/mol. The Hall–Kier alpha value is -2.90. The van der Waals surface area contributed by atoms with Crippen molar-refractivity contribution >= 4 is 33.2 Å². The Morgan fingerprint density at radius 2 is 1.72 bits per heavy atom. The Labute approximate surface area is 173 Å². The Kier molecular flexibility index (Phi) is 6.20. The van der Waals surface area contributed by atoms with E-state index in [0.29, 0.717) is 5.02 Å².